The van der Waals surface area contributed by atoms with Gasteiger partial charge in [-0.25, -0.2) is 0 Å². The van der Waals surface area contributed by atoms with Gasteiger partial charge in [0.15, 0.2) is 0 Å². The van der Waals surface area contributed by atoms with Crippen LogP contribution in [0.4, 0.5) is 0 Å². The summed E-state index contributed by atoms with van der Waals surface area (Å²) in [6.07, 6.45) is 5.51. The molecule has 0 aliphatic rings. The molecule has 0 nitrogen and oxygen atoms in total. The van der Waals surface area contributed by atoms with Gasteiger partial charge in [0.05, 0.1) is 5.41 Å². The number of rotatable bonds is 2. The van der Waals surface area contributed by atoms with Gasteiger partial charge in [0.1, 0.15) is 0 Å². The average molecular weight is 186 g/mol. The van der Waals surface area contributed by atoms with Crippen LogP contribution in [0.3, 0.4) is 0 Å². The summed E-state index contributed by atoms with van der Waals surface area (Å²) < 4.78 is 0. The van der Waals surface area contributed by atoms with Crippen molar-refractivity contribution in [3.8, 4) is 12.3 Å². The molecule has 0 radical (unpaired) electrons. The van der Waals surface area contributed by atoms with Crippen LogP contribution in [0, 0.1) is 12.3 Å². The third-order valence-corrected chi connectivity index (χ3v) is 2.64. The summed E-state index contributed by atoms with van der Waals surface area (Å²) in [5.74, 6) is 3.38. The molecule has 14 heavy (non-hydrogen) atoms. The minimum absolute atomic E-state index is 0.162. The summed E-state index contributed by atoms with van der Waals surface area (Å²) in [7, 11) is 0. The number of hydrogen-bond acceptors (Lipinski definition) is 0. The molecule has 0 heteroatoms. The van der Waals surface area contributed by atoms with Gasteiger partial charge in [0, 0.05) is 0 Å². The largest absolute Gasteiger partial charge is 0.119 e. The van der Waals surface area contributed by atoms with Crippen LogP contribution in [0.2, 0.25) is 0 Å². The molecular formula is C14H18. The van der Waals surface area contributed by atoms with Crippen molar-refractivity contribution in [3.05, 3.63) is 35.4 Å². The molecule has 0 aliphatic heterocycles. The Balaban J connectivity index is 3.14. The molecule has 0 atom stereocenters. The second kappa shape index (κ2) is 3.88. The molecule has 0 fully saturated rings. The Morgan fingerprint density at radius 2 is 1.93 bits per heavy atom. The quantitative estimate of drug-likeness (QED) is 0.617. The van der Waals surface area contributed by atoms with Crippen LogP contribution in [0.1, 0.15) is 44.7 Å². The molecule has 0 unspecified atom stereocenters. The summed E-state index contributed by atoms with van der Waals surface area (Å²) in [5, 5.41) is 0. The van der Waals surface area contributed by atoms with E-state index < -0.39 is 0 Å². The van der Waals surface area contributed by atoms with Crippen molar-refractivity contribution in [3.63, 3.8) is 0 Å². The maximum absolute atomic E-state index is 5.51. The predicted octanol–water partition coefficient (Wildman–Crippen LogP) is 3.72. The van der Waals surface area contributed by atoms with Gasteiger partial charge >= 0.3 is 0 Å². The Morgan fingerprint density at radius 1 is 1.29 bits per heavy atom. The Labute approximate surface area is 87.4 Å². The molecule has 0 N–H and O–H groups in total. The lowest BCUT2D eigenvalue weighted by Crippen LogP contribution is -2.14. The number of terminal acetylenes is 1. The Kier molecular flexibility index (Phi) is 3.01. The number of benzene rings is 1. The van der Waals surface area contributed by atoms with Crippen LogP contribution in [0.15, 0.2) is 24.3 Å². The van der Waals surface area contributed by atoms with Gasteiger partial charge in [-0.3, -0.25) is 0 Å². The lowest BCUT2D eigenvalue weighted by atomic mass is 9.84. The Hall–Kier alpha value is -1.22. The van der Waals surface area contributed by atoms with Gasteiger partial charge in [0.2, 0.25) is 0 Å². The lowest BCUT2D eigenvalue weighted by molar-refractivity contribution is 0.695. The van der Waals surface area contributed by atoms with Crippen LogP contribution in [0.5, 0.6) is 0 Å². The van der Waals surface area contributed by atoms with E-state index in [0.29, 0.717) is 5.92 Å². The normalized spacial score (nSPS) is 11.4. The molecule has 0 aliphatic carbocycles. The Morgan fingerprint density at radius 3 is 2.43 bits per heavy atom. The van der Waals surface area contributed by atoms with Gasteiger partial charge in [-0.05, 0) is 30.9 Å². The van der Waals surface area contributed by atoms with Crippen LogP contribution >= 0.6 is 0 Å². The van der Waals surface area contributed by atoms with Gasteiger partial charge < -0.3 is 0 Å². The van der Waals surface area contributed by atoms with E-state index in [9.17, 15) is 0 Å². The zero-order chi connectivity index (χ0) is 10.8. The van der Waals surface area contributed by atoms with E-state index in [4.69, 9.17) is 6.42 Å². The van der Waals surface area contributed by atoms with E-state index in [1.54, 1.807) is 0 Å². The first kappa shape index (κ1) is 10.9. The lowest BCUT2D eigenvalue weighted by Gasteiger charge is -2.19. The molecule has 0 saturated carbocycles. The summed E-state index contributed by atoms with van der Waals surface area (Å²) in [6.45, 7) is 8.54. The van der Waals surface area contributed by atoms with Crippen molar-refractivity contribution in [1.82, 2.24) is 0 Å². The average Bonchev–Trinajstić information content (AvgIpc) is 2.18. The molecule has 1 rings (SSSR count). The van der Waals surface area contributed by atoms with E-state index in [-0.39, 0.29) is 5.41 Å². The molecule has 0 aromatic heterocycles. The van der Waals surface area contributed by atoms with Crippen molar-refractivity contribution in [2.75, 3.05) is 0 Å². The molecule has 0 heterocycles. The maximum atomic E-state index is 5.51. The first-order valence-corrected chi connectivity index (χ1v) is 5.05. The third-order valence-electron chi connectivity index (χ3n) is 2.64. The molecule has 1 aromatic carbocycles. The predicted molar refractivity (Wildman–Crippen MR) is 62.4 cm³/mol. The first-order chi connectivity index (χ1) is 6.47. The Bertz CT molecular complexity index is 351. The summed E-state index contributed by atoms with van der Waals surface area (Å²) in [5.41, 5.74) is 2.42. The van der Waals surface area contributed by atoms with Gasteiger partial charge in [-0.15, -0.1) is 6.42 Å². The number of hydrogen-bond donors (Lipinski definition) is 0. The second-order valence-electron chi connectivity index (χ2n) is 4.55. The highest BCUT2D eigenvalue weighted by atomic mass is 14.2. The standard InChI is InChI=1S/C14H18/c1-6-14(4,5)13-9-7-8-12(10-13)11(2)3/h1,7-11H,2-5H3. The smallest absolute Gasteiger partial charge is 0.0504 e. The zero-order valence-electron chi connectivity index (χ0n) is 9.46. The molecule has 1 aromatic rings. The van der Waals surface area contributed by atoms with E-state index in [0.717, 1.165) is 0 Å². The van der Waals surface area contributed by atoms with Gasteiger partial charge in [-0.1, -0.05) is 44.0 Å². The monoisotopic (exact) mass is 186 g/mol. The van der Waals surface area contributed by atoms with E-state index in [1.807, 2.05) is 0 Å². The van der Waals surface area contributed by atoms with Gasteiger partial charge in [-0.2, -0.15) is 0 Å². The molecule has 0 bridgehead atoms. The highest BCUT2D eigenvalue weighted by Gasteiger charge is 2.17. The second-order valence-corrected chi connectivity index (χ2v) is 4.55. The summed E-state index contributed by atoms with van der Waals surface area (Å²) in [4.78, 5) is 0. The maximum Gasteiger partial charge on any atom is 0.0504 e. The zero-order valence-corrected chi connectivity index (χ0v) is 9.46. The highest BCUT2D eigenvalue weighted by Crippen LogP contribution is 2.25. The van der Waals surface area contributed by atoms with E-state index in [2.05, 4.69) is 57.9 Å². The summed E-state index contributed by atoms with van der Waals surface area (Å²) in [6, 6.07) is 8.56. The van der Waals surface area contributed by atoms with Crippen molar-refractivity contribution in [2.45, 2.75) is 39.0 Å². The molecule has 0 spiro atoms. The minimum Gasteiger partial charge on any atom is -0.119 e. The fourth-order valence-corrected chi connectivity index (χ4v) is 1.37. The van der Waals surface area contributed by atoms with Crippen molar-refractivity contribution >= 4 is 0 Å². The fourth-order valence-electron chi connectivity index (χ4n) is 1.37. The summed E-state index contributed by atoms with van der Waals surface area (Å²) >= 11 is 0. The first-order valence-electron chi connectivity index (χ1n) is 5.05. The highest BCUT2D eigenvalue weighted by molar-refractivity contribution is 5.35. The molecule has 74 valence electrons. The topological polar surface area (TPSA) is 0 Å². The van der Waals surface area contributed by atoms with Crippen LogP contribution in [-0.4, -0.2) is 0 Å². The van der Waals surface area contributed by atoms with E-state index >= 15 is 0 Å². The van der Waals surface area contributed by atoms with Crippen LogP contribution in [-0.2, 0) is 5.41 Å². The third kappa shape index (κ3) is 2.17. The van der Waals surface area contributed by atoms with Crippen LogP contribution < -0.4 is 0 Å². The minimum atomic E-state index is -0.162. The van der Waals surface area contributed by atoms with Crippen LogP contribution in [0.25, 0.3) is 0 Å². The van der Waals surface area contributed by atoms with Crippen molar-refractivity contribution < 1.29 is 0 Å². The molecule has 0 saturated heterocycles. The SMILES string of the molecule is C#CC(C)(C)c1cccc(C(C)C)c1. The van der Waals surface area contributed by atoms with E-state index in [1.165, 1.54) is 11.1 Å². The molecular weight excluding hydrogens is 168 g/mol. The van der Waals surface area contributed by atoms with Gasteiger partial charge in [0.25, 0.3) is 0 Å². The molecule has 0 amide bonds. The fraction of sp³-hybridized carbons (Fsp3) is 0.429. The van der Waals surface area contributed by atoms with Crippen molar-refractivity contribution in [1.29, 1.82) is 0 Å². The van der Waals surface area contributed by atoms with Crippen molar-refractivity contribution in [2.24, 2.45) is 0 Å².